The number of esters is 1. The Morgan fingerprint density at radius 1 is 1.06 bits per heavy atom. The number of phenolic OH excluding ortho intramolecular Hbond substituents is 1. The van der Waals surface area contributed by atoms with Crippen molar-refractivity contribution >= 4 is 5.97 Å². The van der Waals surface area contributed by atoms with Gasteiger partial charge in [-0.05, 0) is 17.7 Å². The highest BCUT2D eigenvalue weighted by atomic mass is 16.5. The Morgan fingerprint density at radius 2 is 1.76 bits per heavy atom. The number of aromatic hydroxyl groups is 1. The van der Waals surface area contributed by atoms with Crippen LogP contribution in [-0.4, -0.2) is 11.1 Å². The Kier molecular flexibility index (Phi) is 3.10. The van der Waals surface area contributed by atoms with Gasteiger partial charge in [0.25, 0.3) is 0 Å². The minimum Gasteiger partial charge on any atom is -0.507 e. The molecule has 86 valence electrons. The Morgan fingerprint density at radius 3 is 2.41 bits per heavy atom. The van der Waals surface area contributed by atoms with Crippen LogP contribution in [0.2, 0.25) is 0 Å². The van der Waals surface area contributed by atoms with Gasteiger partial charge in [-0.15, -0.1) is 0 Å². The second kappa shape index (κ2) is 4.70. The molecule has 0 amide bonds. The zero-order chi connectivity index (χ0) is 12.3. The van der Waals surface area contributed by atoms with E-state index >= 15 is 0 Å². The van der Waals surface area contributed by atoms with Crippen molar-refractivity contribution in [2.45, 2.75) is 6.92 Å². The highest BCUT2D eigenvalue weighted by molar-refractivity contribution is 5.80. The van der Waals surface area contributed by atoms with Gasteiger partial charge in [0, 0.05) is 6.92 Å². The maximum atomic E-state index is 11.0. The average Bonchev–Trinajstić information content (AvgIpc) is 2.29. The van der Waals surface area contributed by atoms with Gasteiger partial charge in [0.1, 0.15) is 11.5 Å². The second-order valence-corrected chi connectivity index (χ2v) is 3.61. The van der Waals surface area contributed by atoms with E-state index in [1.807, 2.05) is 30.3 Å². The van der Waals surface area contributed by atoms with Crippen molar-refractivity contribution in [1.82, 2.24) is 0 Å². The molecule has 2 aromatic carbocycles. The van der Waals surface area contributed by atoms with Crippen LogP contribution >= 0.6 is 0 Å². The summed E-state index contributed by atoms with van der Waals surface area (Å²) < 4.78 is 5.08. The summed E-state index contributed by atoms with van der Waals surface area (Å²) in [5.74, 6) is 0.0476. The van der Waals surface area contributed by atoms with Gasteiger partial charge < -0.3 is 9.84 Å². The summed E-state index contributed by atoms with van der Waals surface area (Å²) in [6, 6.07) is 14.2. The molecule has 2 aromatic rings. The topological polar surface area (TPSA) is 46.5 Å². The summed E-state index contributed by atoms with van der Waals surface area (Å²) in [6.45, 7) is 1.33. The molecule has 0 aliphatic heterocycles. The van der Waals surface area contributed by atoms with E-state index in [-0.39, 0.29) is 5.75 Å². The fraction of sp³-hybridized carbons (Fsp3) is 0.0714. The van der Waals surface area contributed by atoms with Crippen molar-refractivity contribution in [1.29, 1.82) is 0 Å². The molecule has 0 bridgehead atoms. The van der Waals surface area contributed by atoms with E-state index in [1.54, 1.807) is 18.2 Å². The van der Waals surface area contributed by atoms with Gasteiger partial charge in [-0.3, -0.25) is 4.79 Å². The molecule has 0 aromatic heterocycles. The van der Waals surface area contributed by atoms with Gasteiger partial charge in [0.05, 0.1) is 5.56 Å². The maximum Gasteiger partial charge on any atom is 0.308 e. The fourth-order valence-electron chi connectivity index (χ4n) is 1.65. The molecule has 0 unspecified atom stereocenters. The second-order valence-electron chi connectivity index (χ2n) is 3.61. The van der Waals surface area contributed by atoms with E-state index in [9.17, 15) is 9.90 Å². The molecule has 3 nitrogen and oxygen atoms in total. The van der Waals surface area contributed by atoms with Crippen LogP contribution in [0.3, 0.4) is 0 Å². The van der Waals surface area contributed by atoms with Crippen molar-refractivity contribution in [2.24, 2.45) is 0 Å². The summed E-state index contributed by atoms with van der Waals surface area (Å²) in [5, 5.41) is 9.87. The van der Waals surface area contributed by atoms with Gasteiger partial charge in [0.15, 0.2) is 0 Å². The monoisotopic (exact) mass is 228 g/mol. The molecule has 0 radical (unpaired) electrons. The molecule has 2 rings (SSSR count). The molecule has 17 heavy (non-hydrogen) atoms. The van der Waals surface area contributed by atoms with E-state index in [4.69, 9.17) is 4.74 Å². The standard InChI is InChI=1S/C14H12O3/c1-10(15)17-13-9-5-8-12(16)14(13)11-6-3-2-4-7-11/h2-9,16H,1H3. The SMILES string of the molecule is CC(=O)Oc1cccc(O)c1-c1ccccc1. The molecule has 0 spiro atoms. The van der Waals surface area contributed by atoms with Crippen molar-refractivity contribution in [3.8, 4) is 22.6 Å². The third-order valence-corrected chi connectivity index (χ3v) is 2.32. The van der Waals surface area contributed by atoms with Crippen LogP contribution < -0.4 is 4.74 Å². The highest BCUT2D eigenvalue weighted by Gasteiger charge is 2.12. The van der Waals surface area contributed by atoms with Gasteiger partial charge in [-0.2, -0.15) is 0 Å². The molecule has 0 atom stereocenters. The number of hydrogen-bond acceptors (Lipinski definition) is 3. The van der Waals surface area contributed by atoms with E-state index in [2.05, 4.69) is 0 Å². The van der Waals surface area contributed by atoms with Crippen molar-refractivity contribution in [2.75, 3.05) is 0 Å². The highest BCUT2D eigenvalue weighted by Crippen LogP contribution is 2.37. The number of ether oxygens (including phenoxy) is 1. The predicted octanol–water partition coefficient (Wildman–Crippen LogP) is 2.98. The van der Waals surface area contributed by atoms with Gasteiger partial charge in [0.2, 0.25) is 0 Å². The van der Waals surface area contributed by atoms with E-state index in [0.717, 1.165) is 5.56 Å². The van der Waals surface area contributed by atoms with Gasteiger partial charge in [-0.25, -0.2) is 0 Å². The third kappa shape index (κ3) is 2.45. The minimum absolute atomic E-state index is 0.0925. The normalized spacial score (nSPS) is 9.94. The number of carbonyl (C=O) groups excluding carboxylic acids is 1. The third-order valence-electron chi connectivity index (χ3n) is 2.32. The quantitative estimate of drug-likeness (QED) is 0.635. The summed E-state index contributed by atoms with van der Waals surface area (Å²) in [7, 11) is 0. The lowest BCUT2D eigenvalue weighted by atomic mass is 10.0. The summed E-state index contributed by atoms with van der Waals surface area (Å²) in [6.07, 6.45) is 0. The first-order chi connectivity index (χ1) is 8.18. The maximum absolute atomic E-state index is 11.0. The van der Waals surface area contributed by atoms with Crippen LogP contribution in [0.5, 0.6) is 11.5 Å². The first-order valence-electron chi connectivity index (χ1n) is 5.24. The van der Waals surface area contributed by atoms with Crippen LogP contribution in [0, 0.1) is 0 Å². The molecule has 0 aliphatic carbocycles. The Balaban J connectivity index is 2.55. The first-order valence-corrected chi connectivity index (χ1v) is 5.24. The largest absolute Gasteiger partial charge is 0.507 e. The van der Waals surface area contributed by atoms with E-state index in [1.165, 1.54) is 6.92 Å². The lowest BCUT2D eigenvalue weighted by Gasteiger charge is -2.10. The Hall–Kier alpha value is -2.29. The van der Waals surface area contributed by atoms with Crippen LogP contribution in [0.4, 0.5) is 0 Å². The number of benzene rings is 2. The zero-order valence-corrected chi connectivity index (χ0v) is 9.38. The van der Waals surface area contributed by atoms with Crippen molar-refractivity contribution in [3.05, 3.63) is 48.5 Å². The zero-order valence-electron chi connectivity index (χ0n) is 9.38. The van der Waals surface area contributed by atoms with Crippen LogP contribution in [0.1, 0.15) is 6.92 Å². The molecule has 0 saturated heterocycles. The number of rotatable bonds is 2. The molecular weight excluding hydrogens is 216 g/mol. The van der Waals surface area contributed by atoms with Crippen molar-refractivity contribution < 1.29 is 14.6 Å². The van der Waals surface area contributed by atoms with Gasteiger partial charge >= 0.3 is 5.97 Å². The summed E-state index contributed by atoms with van der Waals surface area (Å²) >= 11 is 0. The average molecular weight is 228 g/mol. The Bertz CT molecular complexity index is 532. The summed E-state index contributed by atoms with van der Waals surface area (Å²) in [5.41, 5.74) is 1.34. The molecule has 0 fully saturated rings. The molecule has 0 saturated carbocycles. The molecule has 0 aliphatic rings. The van der Waals surface area contributed by atoms with E-state index < -0.39 is 5.97 Å². The molecular formula is C14H12O3. The number of hydrogen-bond donors (Lipinski definition) is 1. The lowest BCUT2D eigenvalue weighted by Crippen LogP contribution is -2.02. The molecule has 3 heteroatoms. The molecule has 0 heterocycles. The smallest absolute Gasteiger partial charge is 0.308 e. The van der Waals surface area contributed by atoms with Crippen LogP contribution in [0.15, 0.2) is 48.5 Å². The summed E-state index contributed by atoms with van der Waals surface area (Å²) in [4.78, 5) is 11.0. The van der Waals surface area contributed by atoms with Crippen LogP contribution in [-0.2, 0) is 4.79 Å². The van der Waals surface area contributed by atoms with Crippen molar-refractivity contribution in [3.63, 3.8) is 0 Å². The fourth-order valence-corrected chi connectivity index (χ4v) is 1.65. The number of phenols is 1. The van der Waals surface area contributed by atoms with Gasteiger partial charge in [-0.1, -0.05) is 36.4 Å². The predicted molar refractivity (Wildman–Crippen MR) is 64.9 cm³/mol. The lowest BCUT2D eigenvalue weighted by molar-refractivity contribution is -0.131. The first kappa shape index (κ1) is 11.2. The molecule has 1 N–H and O–H groups in total. The Labute approximate surface area is 99.3 Å². The minimum atomic E-state index is -0.409. The van der Waals surface area contributed by atoms with E-state index in [0.29, 0.717) is 11.3 Å². The number of carbonyl (C=O) groups is 1. The van der Waals surface area contributed by atoms with Crippen LogP contribution in [0.25, 0.3) is 11.1 Å².